The fraction of sp³-hybridized carbons (Fsp3) is 0. The molecule has 23 heavy (non-hydrogen) atoms. The number of pyridine rings is 1. The van der Waals surface area contributed by atoms with Crippen molar-refractivity contribution < 1.29 is 9.90 Å². The number of carboxylic acids is 1. The van der Waals surface area contributed by atoms with Gasteiger partial charge in [-0.25, -0.2) is 9.78 Å². The molecule has 110 valence electrons. The second kappa shape index (κ2) is 5.21. The van der Waals surface area contributed by atoms with Crippen molar-refractivity contribution in [2.75, 3.05) is 0 Å². The average Bonchev–Trinajstić information content (AvgIpc) is 2.59. The van der Waals surface area contributed by atoms with Crippen molar-refractivity contribution in [3.05, 3.63) is 78.4 Å². The fourth-order valence-corrected chi connectivity index (χ4v) is 2.91. The molecule has 0 bridgehead atoms. The van der Waals surface area contributed by atoms with Gasteiger partial charge in [0.05, 0.1) is 16.6 Å². The lowest BCUT2D eigenvalue weighted by atomic mass is 10.00. The van der Waals surface area contributed by atoms with Gasteiger partial charge in [-0.15, -0.1) is 0 Å². The van der Waals surface area contributed by atoms with E-state index in [9.17, 15) is 9.90 Å². The third kappa shape index (κ3) is 2.23. The smallest absolute Gasteiger partial charge is 0.337 e. The van der Waals surface area contributed by atoms with Gasteiger partial charge in [-0.1, -0.05) is 60.7 Å². The first-order chi connectivity index (χ1) is 11.2. The highest BCUT2D eigenvalue weighted by molar-refractivity contribution is 6.07. The molecule has 0 aliphatic heterocycles. The van der Waals surface area contributed by atoms with E-state index in [0.29, 0.717) is 5.52 Å². The highest BCUT2D eigenvalue weighted by atomic mass is 16.4. The predicted molar refractivity (Wildman–Crippen MR) is 91.6 cm³/mol. The Kier molecular flexibility index (Phi) is 3.05. The summed E-state index contributed by atoms with van der Waals surface area (Å²) in [5, 5.41) is 11.2. The summed E-state index contributed by atoms with van der Waals surface area (Å²) in [5.74, 6) is -0.959. The van der Waals surface area contributed by atoms with Crippen LogP contribution in [-0.2, 0) is 0 Å². The van der Waals surface area contributed by atoms with Crippen LogP contribution in [0.4, 0.5) is 0 Å². The number of nitrogens with zero attached hydrogens (tertiary/aromatic N) is 1. The first-order valence-corrected chi connectivity index (χ1v) is 7.35. The summed E-state index contributed by atoms with van der Waals surface area (Å²) in [6.45, 7) is 0. The molecule has 4 aromatic rings. The van der Waals surface area contributed by atoms with Crippen LogP contribution in [0.15, 0.2) is 72.8 Å². The number of rotatable bonds is 2. The lowest BCUT2D eigenvalue weighted by Crippen LogP contribution is -1.99. The lowest BCUT2D eigenvalue weighted by Gasteiger charge is -2.09. The van der Waals surface area contributed by atoms with E-state index in [1.165, 1.54) is 0 Å². The minimum Gasteiger partial charge on any atom is -0.478 e. The standard InChI is InChI=1S/C20H13NO2/c22-20(23)17-11-5-9-15-12-14-8-4-10-16(18(14)21-19(15)17)13-6-2-1-3-7-13/h1-12H,(H,22,23). The maximum Gasteiger partial charge on any atom is 0.337 e. The zero-order valence-electron chi connectivity index (χ0n) is 12.2. The Morgan fingerprint density at radius 1 is 0.783 bits per heavy atom. The van der Waals surface area contributed by atoms with Gasteiger partial charge in [0.15, 0.2) is 0 Å². The van der Waals surface area contributed by atoms with Gasteiger partial charge < -0.3 is 5.11 Å². The molecule has 0 atom stereocenters. The minimum atomic E-state index is -0.959. The minimum absolute atomic E-state index is 0.229. The van der Waals surface area contributed by atoms with Crippen LogP contribution < -0.4 is 0 Å². The van der Waals surface area contributed by atoms with Crippen LogP contribution in [0.1, 0.15) is 10.4 Å². The summed E-state index contributed by atoms with van der Waals surface area (Å²) in [7, 11) is 0. The molecule has 3 heteroatoms. The van der Waals surface area contributed by atoms with Crippen LogP contribution in [-0.4, -0.2) is 16.1 Å². The van der Waals surface area contributed by atoms with Crippen LogP contribution >= 0.6 is 0 Å². The maximum absolute atomic E-state index is 11.5. The first kappa shape index (κ1) is 13.5. The van der Waals surface area contributed by atoms with Crippen LogP contribution in [0.2, 0.25) is 0 Å². The van der Waals surface area contributed by atoms with Crippen molar-refractivity contribution in [2.45, 2.75) is 0 Å². The Hall–Kier alpha value is -3.20. The van der Waals surface area contributed by atoms with Crippen LogP contribution in [0.3, 0.4) is 0 Å². The molecule has 0 fully saturated rings. The average molecular weight is 299 g/mol. The van der Waals surface area contributed by atoms with Crippen molar-refractivity contribution in [3.63, 3.8) is 0 Å². The van der Waals surface area contributed by atoms with E-state index < -0.39 is 5.97 Å². The van der Waals surface area contributed by atoms with E-state index in [4.69, 9.17) is 4.98 Å². The third-order valence-corrected chi connectivity index (χ3v) is 3.98. The number of hydrogen-bond donors (Lipinski definition) is 1. The Morgan fingerprint density at radius 2 is 1.48 bits per heavy atom. The molecule has 1 N–H and O–H groups in total. The molecule has 0 spiro atoms. The van der Waals surface area contributed by atoms with E-state index in [-0.39, 0.29) is 5.56 Å². The number of carboxylic acid groups (broad SMARTS) is 1. The first-order valence-electron chi connectivity index (χ1n) is 7.35. The molecule has 0 saturated heterocycles. The van der Waals surface area contributed by atoms with E-state index in [1.54, 1.807) is 12.1 Å². The lowest BCUT2D eigenvalue weighted by molar-refractivity contribution is 0.0699. The third-order valence-electron chi connectivity index (χ3n) is 3.98. The normalized spacial score (nSPS) is 11.0. The molecule has 0 radical (unpaired) electrons. The molecule has 1 aromatic heterocycles. The number of aromatic carboxylic acids is 1. The monoisotopic (exact) mass is 299 g/mol. The van der Waals surface area contributed by atoms with Gasteiger partial charge in [-0.2, -0.15) is 0 Å². The molecular weight excluding hydrogens is 286 g/mol. The quantitative estimate of drug-likeness (QED) is 0.543. The Labute approximate surface area is 132 Å². The van der Waals surface area contributed by atoms with Crippen molar-refractivity contribution >= 4 is 27.8 Å². The largest absolute Gasteiger partial charge is 0.478 e. The molecule has 0 amide bonds. The highest BCUT2D eigenvalue weighted by Crippen LogP contribution is 2.30. The van der Waals surface area contributed by atoms with Gasteiger partial charge >= 0.3 is 5.97 Å². The molecular formula is C20H13NO2. The maximum atomic E-state index is 11.5. The Balaban J connectivity index is 2.11. The second-order valence-electron chi connectivity index (χ2n) is 5.41. The summed E-state index contributed by atoms with van der Waals surface area (Å²) in [5.41, 5.74) is 3.64. The van der Waals surface area contributed by atoms with Crippen LogP contribution in [0, 0.1) is 0 Å². The molecule has 1 heterocycles. The van der Waals surface area contributed by atoms with Crippen LogP contribution in [0.25, 0.3) is 32.9 Å². The summed E-state index contributed by atoms with van der Waals surface area (Å²) >= 11 is 0. The van der Waals surface area contributed by atoms with Crippen molar-refractivity contribution in [1.29, 1.82) is 0 Å². The van der Waals surface area contributed by atoms with E-state index in [2.05, 4.69) is 0 Å². The number of benzene rings is 3. The molecule has 3 aromatic carbocycles. The highest BCUT2D eigenvalue weighted by Gasteiger charge is 2.12. The molecule has 0 aliphatic rings. The zero-order chi connectivity index (χ0) is 15.8. The number of fused-ring (bicyclic) bond motifs is 2. The summed E-state index contributed by atoms with van der Waals surface area (Å²) < 4.78 is 0. The number of hydrogen-bond acceptors (Lipinski definition) is 2. The zero-order valence-corrected chi connectivity index (χ0v) is 12.2. The van der Waals surface area contributed by atoms with Gasteiger partial charge in [0.2, 0.25) is 0 Å². The van der Waals surface area contributed by atoms with Gasteiger partial charge in [0, 0.05) is 16.3 Å². The summed E-state index contributed by atoms with van der Waals surface area (Å²) in [6, 6.07) is 23.2. The van der Waals surface area contributed by atoms with Crippen molar-refractivity contribution in [2.24, 2.45) is 0 Å². The Morgan fingerprint density at radius 3 is 2.22 bits per heavy atom. The van der Waals surface area contributed by atoms with Gasteiger partial charge in [-0.05, 0) is 17.7 Å². The SMILES string of the molecule is O=C(O)c1cccc2cc3cccc(-c4ccccc4)c3nc12. The van der Waals surface area contributed by atoms with Crippen molar-refractivity contribution in [1.82, 2.24) is 4.98 Å². The molecule has 0 aliphatic carbocycles. The number of para-hydroxylation sites is 2. The van der Waals surface area contributed by atoms with Gasteiger partial charge in [-0.3, -0.25) is 0 Å². The fourth-order valence-electron chi connectivity index (χ4n) is 2.91. The molecule has 0 unspecified atom stereocenters. The van der Waals surface area contributed by atoms with Gasteiger partial charge in [0.25, 0.3) is 0 Å². The van der Waals surface area contributed by atoms with E-state index >= 15 is 0 Å². The summed E-state index contributed by atoms with van der Waals surface area (Å²) in [6.07, 6.45) is 0. The van der Waals surface area contributed by atoms with E-state index in [0.717, 1.165) is 27.4 Å². The molecule has 0 saturated carbocycles. The topological polar surface area (TPSA) is 50.2 Å². The van der Waals surface area contributed by atoms with E-state index in [1.807, 2.05) is 60.7 Å². The van der Waals surface area contributed by atoms with Crippen LogP contribution in [0.5, 0.6) is 0 Å². The molecule has 3 nitrogen and oxygen atoms in total. The number of carbonyl (C=O) groups is 1. The summed E-state index contributed by atoms with van der Waals surface area (Å²) in [4.78, 5) is 16.2. The Bertz CT molecular complexity index is 1040. The number of aromatic nitrogens is 1. The van der Waals surface area contributed by atoms with Crippen molar-refractivity contribution in [3.8, 4) is 11.1 Å². The second-order valence-corrected chi connectivity index (χ2v) is 5.41. The predicted octanol–water partition coefficient (Wildman–Crippen LogP) is 4.75. The van der Waals surface area contributed by atoms with Gasteiger partial charge in [0.1, 0.15) is 0 Å². The molecule has 4 rings (SSSR count).